The number of imidazole rings is 1. The number of aryl methyl sites for hydroxylation is 1. The lowest BCUT2D eigenvalue weighted by Gasteiger charge is -2.20. The summed E-state index contributed by atoms with van der Waals surface area (Å²) in [5.41, 5.74) is 0.998. The summed E-state index contributed by atoms with van der Waals surface area (Å²) >= 11 is 5.97. The smallest absolute Gasteiger partial charge is 0.263 e. The maximum atomic E-state index is 12.4. The number of hydrogen-bond acceptors (Lipinski definition) is 3. The Morgan fingerprint density at radius 3 is 3.18 bits per heavy atom. The van der Waals surface area contributed by atoms with E-state index in [0.29, 0.717) is 18.0 Å². The van der Waals surface area contributed by atoms with Crippen LogP contribution in [0.1, 0.15) is 12.0 Å². The molecule has 1 aromatic carbocycles. The lowest BCUT2D eigenvalue weighted by atomic mass is 10.1. The topological polar surface area (TPSA) is 47.4 Å². The van der Waals surface area contributed by atoms with Gasteiger partial charge in [0, 0.05) is 44.0 Å². The molecule has 0 fully saturated rings. The number of carbonyl (C=O) groups is 1. The van der Waals surface area contributed by atoms with Crippen molar-refractivity contribution in [3.8, 4) is 5.75 Å². The molecule has 0 N–H and O–H groups in total. The summed E-state index contributed by atoms with van der Waals surface area (Å²) in [6, 6.07) is 5.47. The molecule has 1 aliphatic heterocycles. The second-order valence-corrected chi connectivity index (χ2v) is 5.91. The van der Waals surface area contributed by atoms with Crippen LogP contribution in [-0.4, -0.2) is 40.1 Å². The van der Waals surface area contributed by atoms with Gasteiger partial charge in [0.1, 0.15) is 5.75 Å². The van der Waals surface area contributed by atoms with E-state index in [9.17, 15) is 4.79 Å². The second kappa shape index (κ2) is 6.40. The van der Waals surface area contributed by atoms with E-state index in [4.69, 9.17) is 16.3 Å². The maximum absolute atomic E-state index is 12.4. The highest BCUT2D eigenvalue weighted by molar-refractivity contribution is 6.30. The number of likely N-dealkylation sites (N-methyl/N-ethyl adjacent to an activating group) is 1. The van der Waals surface area contributed by atoms with Crippen LogP contribution in [0.2, 0.25) is 5.02 Å². The summed E-state index contributed by atoms with van der Waals surface area (Å²) in [5.74, 6) is 0.771. The molecule has 5 nitrogen and oxygen atoms in total. The predicted octanol–water partition coefficient (Wildman–Crippen LogP) is 2.39. The summed E-state index contributed by atoms with van der Waals surface area (Å²) in [6.45, 7) is 1.53. The van der Waals surface area contributed by atoms with E-state index in [1.54, 1.807) is 23.5 Å². The van der Waals surface area contributed by atoms with Gasteiger partial charge in [-0.25, -0.2) is 4.98 Å². The van der Waals surface area contributed by atoms with Crippen LogP contribution >= 0.6 is 11.6 Å². The van der Waals surface area contributed by atoms with Crippen molar-refractivity contribution < 1.29 is 9.53 Å². The third-order valence-corrected chi connectivity index (χ3v) is 4.05. The number of hydrogen-bond donors (Lipinski definition) is 0. The van der Waals surface area contributed by atoms with Gasteiger partial charge in [0.05, 0.1) is 6.33 Å². The van der Waals surface area contributed by atoms with Gasteiger partial charge in [-0.15, -0.1) is 0 Å². The Morgan fingerprint density at radius 2 is 2.41 bits per heavy atom. The Balaban J connectivity index is 1.51. The SMILES string of the molecule is CN(CCCn1ccnc1)C(=O)C1Cc2cc(Cl)ccc2O1. The predicted molar refractivity (Wildman–Crippen MR) is 84.1 cm³/mol. The van der Waals surface area contributed by atoms with Crippen LogP contribution in [0.4, 0.5) is 0 Å². The van der Waals surface area contributed by atoms with Crippen molar-refractivity contribution in [1.82, 2.24) is 14.5 Å². The molecule has 116 valence electrons. The van der Waals surface area contributed by atoms with Crippen LogP contribution in [-0.2, 0) is 17.8 Å². The molecule has 0 saturated heterocycles. The third kappa shape index (κ3) is 3.25. The number of nitrogens with zero attached hydrogens (tertiary/aromatic N) is 3. The van der Waals surface area contributed by atoms with E-state index >= 15 is 0 Å². The zero-order valence-corrected chi connectivity index (χ0v) is 13.2. The highest BCUT2D eigenvalue weighted by Gasteiger charge is 2.31. The average Bonchev–Trinajstić information content (AvgIpc) is 3.14. The fourth-order valence-electron chi connectivity index (χ4n) is 2.62. The van der Waals surface area contributed by atoms with Gasteiger partial charge in [-0.2, -0.15) is 0 Å². The van der Waals surface area contributed by atoms with Gasteiger partial charge >= 0.3 is 0 Å². The summed E-state index contributed by atoms with van der Waals surface area (Å²) in [4.78, 5) is 18.2. The van der Waals surface area contributed by atoms with Crippen molar-refractivity contribution in [2.45, 2.75) is 25.5 Å². The van der Waals surface area contributed by atoms with Gasteiger partial charge in [0.15, 0.2) is 6.10 Å². The fraction of sp³-hybridized carbons (Fsp3) is 0.375. The Kier molecular flexibility index (Phi) is 4.34. The molecule has 0 bridgehead atoms. The largest absolute Gasteiger partial charge is 0.480 e. The number of amides is 1. The molecule has 0 saturated carbocycles. The lowest BCUT2D eigenvalue weighted by molar-refractivity contribution is -0.136. The average molecular weight is 320 g/mol. The second-order valence-electron chi connectivity index (χ2n) is 5.48. The lowest BCUT2D eigenvalue weighted by Crippen LogP contribution is -2.39. The van der Waals surface area contributed by atoms with Crippen LogP contribution in [0.5, 0.6) is 5.75 Å². The number of aromatic nitrogens is 2. The van der Waals surface area contributed by atoms with Crippen LogP contribution in [0.15, 0.2) is 36.9 Å². The fourth-order valence-corrected chi connectivity index (χ4v) is 2.82. The first-order valence-electron chi connectivity index (χ1n) is 7.29. The van der Waals surface area contributed by atoms with E-state index in [2.05, 4.69) is 4.98 Å². The third-order valence-electron chi connectivity index (χ3n) is 3.82. The summed E-state index contributed by atoms with van der Waals surface area (Å²) in [5, 5.41) is 0.670. The molecule has 0 aliphatic carbocycles. The number of fused-ring (bicyclic) bond motifs is 1. The van der Waals surface area contributed by atoms with E-state index in [0.717, 1.165) is 24.3 Å². The normalized spacial score (nSPS) is 16.2. The molecule has 1 unspecified atom stereocenters. The van der Waals surface area contributed by atoms with Crippen molar-refractivity contribution in [2.75, 3.05) is 13.6 Å². The summed E-state index contributed by atoms with van der Waals surface area (Å²) in [6.07, 6.45) is 6.48. The standard InChI is InChI=1S/C16H18ClN3O2/c1-19(6-2-7-20-8-5-18-11-20)16(21)15-10-12-9-13(17)3-4-14(12)22-15/h3-5,8-9,11,15H,2,6-7,10H2,1H3. The zero-order chi connectivity index (χ0) is 15.5. The van der Waals surface area contributed by atoms with Gasteiger partial charge in [-0.1, -0.05) is 11.6 Å². The van der Waals surface area contributed by atoms with Gasteiger partial charge in [-0.05, 0) is 30.2 Å². The highest BCUT2D eigenvalue weighted by atomic mass is 35.5. The molecule has 2 heterocycles. The number of ether oxygens (including phenoxy) is 1. The summed E-state index contributed by atoms with van der Waals surface area (Å²) < 4.78 is 7.73. The zero-order valence-electron chi connectivity index (χ0n) is 12.4. The quantitative estimate of drug-likeness (QED) is 0.850. The Morgan fingerprint density at radius 1 is 1.55 bits per heavy atom. The van der Waals surface area contributed by atoms with E-state index in [1.165, 1.54) is 0 Å². The first-order valence-corrected chi connectivity index (χ1v) is 7.67. The minimum atomic E-state index is -0.438. The molecule has 22 heavy (non-hydrogen) atoms. The Hall–Kier alpha value is -2.01. The van der Waals surface area contributed by atoms with Gasteiger partial charge in [-0.3, -0.25) is 4.79 Å². The monoisotopic (exact) mass is 319 g/mol. The summed E-state index contributed by atoms with van der Waals surface area (Å²) in [7, 11) is 1.82. The van der Waals surface area contributed by atoms with E-state index in [-0.39, 0.29) is 5.91 Å². The Bertz CT molecular complexity index is 657. The minimum Gasteiger partial charge on any atom is -0.480 e. The first-order chi connectivity index (χ1) is 10.6. The molecule has 1 aliphatic rings. The van der Waals surface area contributed by atoms with Crippen molar-refractivity contribution in [3.05, 3.63) is 47.5 Å². The molecule has 2 aromatic rings. The van der Waals surface area contributed by atoms with Crippen LogP contribution in [0.3, 0.4) is 0 Å². The Labute approximate surface area is 134 Å². The van der Waals surface area contributed by atoms with Crippen molar-refractivity contribution in [1.29, 1.82) is 0 Å². The maximum Gasteiger partial charge on any atom is 0.263 e. The number of halogens is 1. The van der Waals surface area contributed by atoms with E-state index in [1.807, 2.05) is 29.9 Å². The first kappa shape index (κ1) is 14.9. The molecular weight excluding hydrogens is 302 g/mol. The number of benzene rings is 1. The van der Waals surface area contributed by atoms with Crippen LogP contribution < -0.4 is 4.74 Å². The molecule has 1 atom stereocenters. The molecular formula is C16H18ClN3O2. The highest BCUT2D eigenvalue weighted by Crippen LogP contribution is 2.31. The van der Waals surface area contributed by atoms with Gasteiger partial charge in [0.2, 0.25) is 0 Å². The molecule has 6 heteroatoms. The molecule has 0 spiro atoms. The number of rotatable bonds is 5. The minimum absolute atomic E-state index is 0.0120. The molecule has 1 aromatic heterocycles. The molecule has 1 amide bonds. The number of carbonyl (C=O) groups excluding carboxylic acids is 1. The van der Waals surface area contributed by atoms with Crippen molar-refractivity contribution >= 4 is 17.5 Å². The van der Waals surface area contributed by atoms with E-state index < -0.39 is 6.10 Å². The molecule has 3 rings (SSSR count). The molecule has 0 radical (unpaired) electrons. The van der Waals surface area contributed by atoms with Crippen LogP contribution in [0, 0.1) is 0 Å². The van der Waals surface area contributed by atoms with Gasteiger partial charge in [0.25, 0.3) is 5.91 Å². The van der Waals surface area contributed by atoms with Crippen molar-refractivity contribution in [2.24, 2.45) is 0 Å². The van der Waals surface area contributed by atoms with Crippen molar-refractivity contribution in [3.63, 3.8) is 0 Å². The van der Waals surface area contributed by atoms with Crippen LogP contribution in [0.25, 0.3) is 0 Å². The van der Waals surface area contributed by atoms with Gasteiger partial charge < -0.3 is 14.2 Å².